The van der Waals surface area contributed by atoms with Gasteiger partial charge in [0.2, 0.25) is 0 Å². The van der Waals surface area contributed by atoms with E-state index in [-0.39, 0.29) is 0 Å². The summed E-state index contributed by atoms with van der Waals surface area (Å²) in [4.78, 5) is 0. The van der Waals surface area contributed by atoms with E-state index in [1.54, 1.807) is 6.92 Å². The third-order valence-electron chi connectivity index (χ3n) is 2.26. The van der Waals surface area contributed by atoms with E-state index >= 15 is 0 Å². The van der Waals surface area contributed by atoms with E-state index in [1.165, 1.54) is 0 Å². The van der Waals surface area contributed by atoms with E-state index in [2.05, 4.69) is 0 Å². The summed E-state index contributed by atoms with van der Waals surface area (Å²) in [7, 11) is 0. The number of allylic oxidation sites excluding steroid dienone is 1. The van der Waals surface area contributed by atoms with Crippen molar-refractivity contribution in [1.29, 1.82) is 0 Å². The highest BCUT2D eigenvalue weighted by atomic mass is 16.3. The second-order valence-corrected chi connectivity index (χ2v) is 3.22. The summed E-state index contributed by atoms with van der Waals surface area (Å²) in [5.41, 5.74) is -0.939. The first-order valence-corrected chi connectivity index (χ1v) is 4.62. The molecule has 0 fully saturated rings. The summed E-state index contributed by atoms with van der Waals surface area (Å²) in [5.74, 6) is 0. The number of hydrogen-bond donors (Lipinski definition) is 2. The molecule has 0 aliphatic heterocycles. The van der Waals surface area contributed by atoms with Crippen molar-refractivity contribution in [2.24, 2.45) is 0 Å². The number of rotatable bonds is 5. The van der Waals surface area contributed by atoms with Crippen LogP contribution < -0.4 is 0 Å². The first-order valence-electron chi connectivity index (χ1n) is 4.62. The second-order valence-electron chi connectivity index (χ2n) is 3.22. The van der Waals surface area contributed by atoms with Crippen LogP contribution in [0, 0.1) is 0 Å². The molecule has 72 valence electrons. The molecule has 0 spiro atoms. The Bertz CT molecular complexity index is 141. The van der Waals surface area contributed by atoms with Crippen molar-refractivity contribution in [3.05, 3.63) is 12.2 Å². The third kappa shape index (κ3) is 3.37. The van der Waals surface area contributed by atoms with Gasteiger partial charge < -0.3 is 10.2 Å². The van der Waals surface area contributed by atoms with Gasteiger partial charge in [-0.3, -0.25) is 0 Å². The van der Waals surface area contributed by atoms with Gasteiger partial charge in [0.15, 0.2) is 0 Å². The van der Waals surface area contributed by atoms with Crippen molar-refractivity contribution >= 4 is 0 Å². The molecule has 2 N–H and O–H groups in total. The number of hydrogen-bond acceptors (Lipinski definition) is 2. The van der Waals surface area contributed by atoms with Gasteiger partial charge in [0.1, 0.15) is 0 Å². The Morgan fingerprint density at radius 3 is 2.25 bits per heavy atom. The first kappa shape index (κ1) is 11.7. The zero-order chi connectivity index (χ0) is 9.61. The van der Waals surface area contributed by atoms with Crippen LogP contribution in [0.3, 0.4) is 0 Å². The molecular weight excluding hydrogens is 152 g/mol. The lowest BCUT2D eigenvalue weighted by Crippen LogP contribution is -2.39. The molecule has 2 atom stereocenters. The van der Waals surface area contributed by atoms with Crippen molar-refractivity contribution in [2.75, 3.05) is 0 Å². The van der Waals surface area contributed by atoms with Crippen LogP contribution in [0.15, 0.2) is 12.2 Å². The Hall–Kier alpha value is -0.340. The smallest absolute Gasteiger partial charge is 0.0934 e. The average Bonchev–Trinajstić information content (AvgIpc) is 2.04. The summed E-state index contributed by atoms with van der Waals surface area (Å²) < 4.78 is 0. The average molecular weight is 172 g/mol. The molecule has 2 heteroatoms. The van der Waals surface area contributed by atoms with E-state index in [0.29, 0.717) is 12.8 Å². The summed E-state index contributed by atoms with van der Waals surface area (Å²) in [6.45, 7) is 5.56. The molecule has 0 amide bonds. The fourth-order valence-corrected chi connectivity index (χ4v) is 1.06. The second kappa shape index (κ2) is 5.33. The van der Waals surface area contributed by atoms with Gasteiger partial charge in [-0.2, -0.15) is 0 Å². The lowest BCUT2D eigenvalue weighted by molar-refractivity contribution is -0.0660. The molecule has 0 aromatic carbocycles. The van der Waals surface area contributed by atoms with Crippen LogP contribution in [0.2, 0.25) is 0 Å². The predicted octanol–water partition coefficient (Wildman–Crippen LogP) is 1.86. The molecule has 2 nitrogen and oxygen atoms in total. The molecule has 0 aliphatic rings. The van der Waals surface area contributed by atoms with E-state index in [4.69, 9.17) is 0 Å². The minimum Gasteiger partial charge on any atom is -0.390 e. The van der Waals surface area contributed by atoms with Crippen LogP contribution in [0.1, 0.15) is 40.0 Å². The molecule has 0 aromatic rings. The number of aliphatic hydroxyl groups is 2. The fraction of sp³-hybridized carbons (Fsp3) is 0.800. The molecule has 0 rings (SSSR count). The first-order chi connectivity index (χ1) is 5.56. The lowest BCUT2D eigenvalue weighted by atomic mass is 9.91. The van der Waals surface area contributed by atoms with Gasteiger partial charge in [-0.05, 0) is 26.2 Å². The Morgan fingerprint density at radius 2 is 1.92 bits per heavy atom. The van der Waals surface area contributed by atoms with Gasteiger partial charge >= 0.3 is 0 Å². The predicted molar refractivity (Wildman–Crippen MR) is 51.0 cm³/mol. The Kier molecular flexibility index (Phi) is 5.18. The summed E-state index contributed by atoms with van der Waals surface area (Å²) in [6.07, 6.45) is 5.36. The van der Waals surface area contributed by atoms with Gasteiger partial charge in [-0.15, -0.1) is 0 Å². The fourth-order valence-electron chi connectivity index (χ4n) is 1.06. The topological polar surface area (TPSA) is 40.5 Å². The molecule has 0 aromatic heterocycles. The monoisotopic (exact) mass is 172 g/mol. The van der Waals surface area contributed by atoms with Gasteiger partial charge in [0.25, 0.3) is 0 Å². The summed E-state index contributed by atoms with van der Waals surface area (Å²) in [5, 5.41) is 19.1. The van der Waals surface area contributed by atoms with E-state index < -0.39 is 11.7 Å². The van der Waals surface area contributed by atoms with Gasteiger partial charge in [-0.25, -0.2) is 0 Å². The quantitative estimate of drug-likeness (QED) is 0.621. The largest absolute Gasteiger partial charge is 0.390 e. The highest BCUT2D eigenvalue weighted by molar-refractivity contribution is 4.93. The molecule has 0 heterocycles. The maximum atomic E-state index is 9.82. The molecule has 0 aliphatic carbocycles. The summed E-state index contributed by atoms with van der Waals surface area (Å²) in [6, 6.07) is 0. The van der Waals surface area contributed by atoms with Crippen LogP contribution in [0.25, 0.3) is 0 Å². The zero-order valence-electron chi connectivity index (χ0n) is 8.25. The maximum absolute atomic E-state index is 9.82. The van der Waals surface area contributed by atoms with E-state index in [1.807, 2.05) is 26.0 Å². The van der Waals surface area contributed by atoms with Crippen molar-refractivity contribution in [3.63, 3.8) is 0 Å². The van der Waals surface area contributed by atoms with Crippen LogP contribution >= 0.6 is 0 Å². The van der Waals surface area contributed by atoms with Gasteiger partial charge in [0.05, 0.1) is 11.7 Å². The Labute approximate surface area is 74.9 Å². The Balaban J connectivity index is 4.05. The third-order valence-corrected chi connectivity index (χ3v) is 2.26. The van der Waals surface area contributed by atoms with Crippen LogP contribution in [0.5, 0.6) is 0 Å². The zero-order valence-corrected chi connectivity index (χ0v) is 8.25. The SMILES string of the molecule is CCC=CCC(O)(CC)C(C)O. The molecule has 0 saturated carbocycles. The van der Waals surface area contributed by atoms with Crippen molar-refractivity contribution in [1.82, 2.24) is 0 Å². The molecule has 0 bridgehead atoms. The highest BCUT2D eigenvalue weighted by Crippen LogP contribution is 2.20. The van der Waals surface area contributed by atoms with Crippen molar-refractivity contribution in [2.45, 2.75) is 51.7 Å². The van der Waals surface area contributed by atoms with Crippen LogP contribution in [-0.4, -0.2) is 21.9 Å². The molecule has 0 saturated heterocycles. The van der Waals surface area contributed by atoms with E-state index in [9.17, 15) is 10.2 Å². The number of aliphatic hydroxyl groups excluding tert-OH is 1. The molecular formula is C10H20O2. The Morgan fingerprint density at radius 1 is 1.33 bits per heavy atom. The minimum atomic E-state index is -0.939. The standard InChI is InChI=1S/C10H20O2/c1-4-6-7-8-10(12,5-2)9(3)11/h6-7,9,11-12H,4-5,8H2,1-3H3. The summed E-state index contributed by atoms with van der Waals surface area (Å²) >= 11 is 0. The molecule has 12 heavy (non-hydrogen) atoms. The van der Waals surface area contributed by atoms with Gasteiger partial charge in [-0.1, -0.05) is 26.0 Å². The van der Waals surface area contributed by atoms with Crippen molar-refractivity contribution in [3.8, 4) is 0 Å². The van der Waals surface area contributed by atoms with Gasteiger partial charge in [0, 0.05) is 0 Å². The molecule has 2 unspecified atom stereocenters. The van der Waals surface area contributed by atoms with E-state index in [0.717, 1.165) is 6.42 Å². The maximum Gasteiger partial charge on any atom is 0.0934 e. The van der Waals surface area contributed by atoms with Crippen LogP contribution in [-0.2, 0) is 0 Å². The normalized spacial score (nSPS) is 19.4. The van der Waals surface area contributed by atoms with Crippen molar-refractivity contribution < 1.29 is 10.2 Å². The van der Waals surface area contributed by atoms with Crippen LogP contribution in [0.4, 0.5) is 0 Å². The molecule has 0 radical (unpaired) electrons. The highest BCUT2D eigenvalue weighted by Gasteiger charge is 2.28. The minimum absolute atomic E-state index is 0.537. The lowest BCUT2D eigenvalue weighted by Gasteiger charge is -2.28.